The van der Waals surface area contributed by atoms with Gasteiger partial charge < -0.3 is 0 Å². The van der Waals surface area contributed by atoms with E-state index in [1.165, 1.54) is 18.4 Å². The molecule has 7 heteroatoms. The zero-order chi connectivity index (χ0) is 14.3. The highest BCUT2D eigenvalue weighted by Gasteiger charge is 2.09. The van der Waals surface area contributed by atoms with E-state index >= 15 is 0 Å². The quantitative estimate of drug-likeness (QED) is 0.433. The second kappa shape index (κ2) is 7.84. The Morgan fingerprint density at radius 3 is 2.53 bits per heavy atom. The molecule has 1 atom stereocenters. The van der Waals surface area contributed by atoms with Crippen molar-refractivity contribution in [2.45, 2.75) is 23.8 Å². The standard InChI is InChI=1S/C12H19FN2O2S2/c1-19(16,17)8-2-3-11(15-14)9-18-12-6-4-10(13)5-7-12/h4-7,11,15H,2-3,8-9,14H2,1H3. The smallest absolute Gasteiger partial charge is 0.147 e. The topological polar surface area (TPSA) is 72.2 Å². The van der Waals surface area contributed by atoms with Crippen LogP contribution < -0.4 is 11.3 Å². The first-order valence-electron chi connectivity index (χ1n) is 5.93. The van der Waals surface area contributed by atoms with Gasteiger partial charge >= 0.3 is 0 Å². The third-order valence-corrected chi connectivity index (χ3v) is 4.77. The minimum absolute atomic E-state index is 0.0387. The zero-order valence-electron chi connectivity index (χ0n) is 10.8. The molecular formula is C12H19FN2O2S2. The van der Waals surface area contributed by atoms with Gasteiger partial charge in [-0.1, -0.05) is 0 Å². The summed E-state index contributed by atoms with van der Waals surface area (Å²) in [6, 6.07) is 6.29. The summed E-state index contributed by atoms with van der Waals surface area (Å²) in [7, 11) is -2.92. The number of halogens is 1. The molecule has 0 aliphatic carbocycles. The molecule has 0 aliphatic heterocycles. The Balaban J connectivity index is 2.34. The molecule has 1 aromatic carbocycles. The lowest BCUT2D eigenvalue weighted by atomic mass is 10.2. The third kappa shape index (κ3) is 7.51. The Bertz CT molecular complexity index is 477. The van der Waals surface area contributed by atoms with Gasteiger partial charge in [-0.2, -0.15) is 0 Å². The van der Waals surface area contributed by atoms with Gasteiger partial charge in [-0.05, 0) is 37.1 Å². The average Bonchev–Trinajstić information content (AvgIpc) is 2.34. The molecule has 0 fully saturated rings. The molecule has 19 heavy (non-hydrogen) atoms. The maximum absolute atomic E-state index is 12.7. The van der Waals surface area contributed by atoms with Gasteiger partial charge in [0.25, 0.3) is 0 Å². The van der Waals surface area contributed by atoms with Crippen molar-refractivity contribution < 1.29 is 12.8 Å². The molecule has 0 heterocycles. The summed E-state index contributed by atoms with van der Waals surface area (Å²) in [5, 5.41) is 0. The number of nitrogens with one attached hydrogen (secondary N) is 1. The normalized spacial score (nSPS) is 13.4. The molecule has 0 amide bonds. The van der Waals surface area contributed by atoms with Crippen molar-refractivity contribution in [1.82, 2.24) is 5.43 Å². The molecule has 0 spiro atoms. The fourth-order valence-corrected chi connectivity index (χ4v) is 3.21. The first-order chi connectivity index (χ1) is 8.90. The second-order valence-corrected chi connectivity index (χ2v) is 7.75. The minimum Gasteiger partial charge on any atom is -0.271 e. The van der Waals surface area contributed by atoms with E-state index < -0.39 is 9.84 Å². The van der Waals surface area contributed by atoms with Gasteiger partial charge in [0.05, 0.1) is 0 Å². The van der Waals surface area contributed by atoms with Crippen molar-refractivity contribution in [1.29, 1.82) is 0 Å². The van der Waals surface area contributed by atoms with Gasteiger partial charge in [-0.15, -0.1) is 11.8 Å². The zero-order valence-corrected chi connectivity index (χ0v) is 12.4. The van der Waals surface area contributed by atoms with Crippen molar-refractivity contribution in [3.8, 4) is 0 Å². The van der Waals surface area contributed by atoms with Crippen molar-refractivity contribution in [2.75, 3.05) is 17.8 Å². The van der Waals surface area contributed by atoms with Crippen LogP contribution in [-0.2, 0) is 9.84 Å². The number of benzene rings is 1. The van der Waals surface area contributed by atoms with Gasteiger partial charge in [-0.3, -0.25) is 11.3 Å². The van der Waals surface area contributed by atoms with Crippen LogP contribution in [-0.4, -0.2) is 32.2 Å². The van der Waals surface area contributed by atoms with Gasteiger partial charge in [0.1, 0.15) is 15.7 Å². The number of sulfone groups is 1. The molecule has 1 aromatic rings. The van der Waals surface area contributed by atoms with E-state index in [0.717, 1.165) is 4.90 Å². The van der Waals surface area contributed by atoms with E-state index in [1.807, 2.05) is 0 Å². The highest BCUT2D eigenvalue weighted by molar-refractivity contribution is 7.99. The lowest BCUT2D eigenvalue weighted by Crippen LogP contribution is -2.37. The summed E-state index contributed by atoms with van der Waals surface area (Å²) >= 11 is 1.56. The van der Waals surface area contributed by atoms with Crippen molar-refractivity contribution in [3.63, 3.8) is 0 Å². The average molecular weight is 306 g/mol. The summed E-state index contributed by atoms with van der Waals surface area (Å²) in [5.41, 5.74) is 2.68. The van der Waals surface area contributed by atoms with Crippen LogP contribution in [0, 0.1) is 5.82 Å². The molecule has 4 nitrogen and oxygen atoms in total. The van der Waals surface area contributed by atoms with Gasteiger partial charge in [0, 0.05) is 28.7 Å². The van der Waals surface area contributed by atoms with E-state index in [1.54, 1.807) is 23.9 Å². The number of thioether (sulfide) groups is 1. The van der Waals surface area contributed by atoms with Crippen molar-refractivity contribution in [3.05, 3.63) is 30.1 Å². The monoisotopic (exact) mass is 306 g/mol. The molecule has 0 aliphatic rings. The minimum atomic E-state index is -2.92. The molecule has 0 saturated heterocycles. The summed E-state index contributed by atoms with van der Waals surface area (Å²) in [6.07, 6.45) is 2.50. The van der Waals surface area contributed by atoms with Crippen LogP contribution in [0.3, 0.4) is 0 Å². The Kier molecular flexibility index (Phi) is 6.78. The van der Waals surface area contributed by atoms with E-state index in [9.17, 15) is 12.8 Å². The highest BCUT2D eigenvalue weighted by atomic mass is 32.2. The molecule has 0 radical (unpaired) electrons. The molecule has 0 bridgehead atoms. The maximum Gasteiger partial charge on any atom is 0.147 e. The van der Waals surface area contributed by atoms with E-state index in [2.05, 4.69) is 5.43 Å². The Hall–Kier alpha value is -0.630. The predicted molar refractivity (Wildman–Crippen MR) is 77.2 cm³/mol. The van der Waals surface area contributed by atoms with Crippen LogP contribution in [0.2, 0.25) is 0 Å². The van der Waals surface area contributed by atoms with Crippen molar-refractivity contribution in [2.24, 2.45) is 5.84 Å². The molecule has 0 saturated carbocycles. The van der Waals surface area contributed by atoms with Crippen LogP contribution >= 0.6 is 11.8 Å². The fraction of sp³-hybridized carbons (Fsp3) is 0.500. The van der Waals surface area contributed by atoms with Crippen LogP contribution in [0.25, 0.3) is 0 Å². The molecular weight excluding hydrogens is 287 g/mol. The highest BCUT2D eigenvalue weighted by Crippen LogP contribution is 2.20. The molecule has 1 unspecified atom stereocenters. The summed E-state index contributed by atoms with van der Waals surface area (Å²) in [5.74, 6) is 6.07. The SMILES string of the molecule is CS(=O)(=O)CCCC(CSc1ccc(F)cc1)NN. The molecule has 1 rings (SSSR count). The van der Waals surface area contributed by atoms with Crippen LogP contribution in [0.15, 0.2) is 29.2 Å². The van der Waals surface area contributed by atoms with Crippen LogP contribution in [0.1, 0.15) is 12.8 Å². The van der Waals surface area contributed by atoms with Gasteiger partial charge in [0.2, 0.25) is 0 Å². The first-order valence-corrected chi connectivity index (χ1v) is 8.97. The Morgan fingerprint density at radius 1 is 1.37 bits per heavy atom. The lowest BCUT2D eigenvalue weighted by Gasteiger charge is -2.15. The number of nitrogens with two attached hydrogens (primary N) is 1. The van der Waals surface area contributed by atoms with Crippen molar-refractivity contribution >= 4 is 21.6 Å². The second-order valence-electron chi connectivity index (χ2n) is 4.40. The lowest BCUT2D eigenvalue weighted by molar-refractivity contribution is 0.528. The maximum atomic E-state index is 12.7. The van der Waals surface area contributed by atoms with Gasteiger partial charge in [-0.25, -0.2) is 12.8 Å². The molecule has 3 N–H and O–H groups in total. The number of hydrogen-bond donors (Lipinski definition) is 2. The largest absolute Gasteiger partial charge is 0.271 e. The Morgan fingerprint density at radius 2 is 2.00 bits per heavy atom. The fourth-order valence-electron chi connectivity index (χ4n) is 1.53. The number of hydrazine groups is 1. The summed E-state index contributed by atoms with van der Waals surface area (Å²) in [6.45, 7) is 0. The summed E-state index contributed by atoms with van der Waals surface area (Å²) < 4.78 is 34.8. The molecule has 0 aromatic heterocycles. The number of rotatable bonds is 8. The van der Waals surface area contributed by atoms with Crippen LogP contribution in [0.4, 0.5) is 4.39 Å². The third-order valence-electron chi connectivity index (χ3n) is 2.57. The van der Waals surface area contributed by atoms with E-state index in [-0.39, 0.29) is 17.6 Å². The van der Waals surface area contributed by atoms with Gasteiger partial charge in [0.15, 0.2) is 0 Å². The Labute approximate surface area is 117 Å². The van der Waals surface area contributed by atoms with Crippen LogP contribution in [0.5, 0.6) is 0 Å². The molecule has 108 valence electrons. The first kappa shape index (κ1) is 16.4. The number of hydrogen-bond acceptors (Lipinski definition) is 5. The van der Waals surface area contributed by atoms with E-state index in [0.29, 0.717) is 18.6 Å². The predicted octanol–water partition coefficient (Wildman–Crippen LogP) is 1.57. The van der Waals surface area contributed by atoms with E-state index in [4.69, 9.17) is 5.84 Å². The summed E-state index contributed by atoms with van der Waals surface area (Å²) in [4.78, 5) is 0.963.